The summed E-state index contributed by atoms with van der Waals surface area (Å²) in [6.45, 7) is 1.87. The van der Waals surface area contributed by atoms with Crippen molar-refractivity contribution < 1.29 is 22.7 Å². The summed E-state index contributed by atoms with van der Waals surface area (Å²) in [6, 6.07) is 12.4. The van der Waals surface area contributed by atoms with Crippen molar-refractivity contribution in [2.24, 2.45) is 0 Å². The van der Waals surface area contributed by atoms with Crippen LogP contribution in [0.1, 0.15) is 22.3 Å². The molecule has 0 unspecified atom stereocenters. The fourth-order valence-corrected chi connectivity index (χ4v) is 5.43. The normalized spacial score (nSPS) is 17.6. The summed E-state index contributed by atoms with van der Waals surface area (Å²) in [6.07, 6.45) is 1.80. The number of aryl methyl sites for hydroxylation is 1. The van der Waals surface area contributed by atoms with Gasteiger partial charge in [0, 0.05) is 30.9 Å². The molecule has 154 valence electrons. The van der Waals surface area contributed by atoms with Crippen LogP contribution in [0.25, 0.3) is 0 Å². The fraction of sp³-hybridized carbons (Fsp3) is 0.381. The largest absolute Gasteiger partial charge is 0.495 e. The minimum Gasteiger partial charge on any atom is -0.495 e. The molecule has 0 spiro atoms. The van der Waals surface area contributed by atoms with Gasteiger partial charge in [0.15, 0.2) is 0 Å². The molecule has 2 aromatic rings. The van der Waals surface area contributed by atoms with Crippen LogP contribution in [0.5, 0.6) is 5.75 Å². The second kappa shape index (κ2) is 8.14. The minimum atomic E-state index is -3.79. The van der Waals surface area contributed by atoms with Gasteiger partial charge < -0.3 is 14.4 Å². The molecule has 0 aliphatic carbocycles. The van der Waals surface area contributed by atoms with Crippen molar-refractivity contribution in [3.63, 3.8) is 0 Å². The number of benzene rings is 2. The van der Waals surface area contributed by atoms with Crippen LogP contribution >= 0.6 is 0 Å². The summed E-state index contributed by atoms with van der Waals surface area (Å²) in [5, 5.41) is 0. The molecule has 2 aliphatic rings. The maximum Gasteiger partial charge on any atom is 0.258 e. The van der Waals surface area contributed by atoms with Crippen LogP contribution in [0.15, 0.2) is 47.4 Å². The number of amides is 1. The molecule has 0 N–H and O–H groups in total. The first-order chi connectivity index (χ1) is 14.0. The number of sulfonamides is 1. The summed E-state index contributed by atoms with van der Waals surface area (Å²) >= 11 is 0. The van der Waals surface area contributed by atoms with E-state index in [0.717, 1.165) is 24.1 Å². The Kier molecular flexibility index (Phi) is 5.58. The Balaban J connectivity index is 1.71. The van der Waals surface area contributed by atoms with Crippen LogP contribution in [0.2, 0.25) is 0 Å². The maximum absolute atomic E-state index is 13.3. The van der Waals surface area contributed by atoms with Crippen molar-refractivity contribution in [3.8, 4) is 5.75 Å². The van der Waals surface area contributed by atoms with Gasteiger partial charge in [-0.25, -0.2) is 8.42 Å². The van der Waals surface area contributed by atoms with E-state index in [9.17, 15) is 13.2 Å². The zero-order valence-corrected chi connectivity index (χ0v) is 17.2. The molecule has 0 bridgehead atoms. The zero-order chi connectivity index (χ0) is 20.4. The van der Waals surface area contributed by atoms with Gasteiger partial charge in [0.1, 0.15) is 10.6 Å². The second-order valence-electron chi connectivity index (χ2n) is 7.07. The number of morpholine rings is 1. The lowest BCUT2D eigenvalue weighted by Crippen LogP contribution is -2.41. The summed E-state index contributed by atoms with van der Waals surface area (Å²) in [7, 11) is -2.37. The molecular formula is C21H24N2O5S. The molecule has 8 heteroatoms. The van der Waals surface area contributed by atoms with Crippen molar-refractivity contribution >= 4 is 21.6 Å². The van der Waals surface area contributed by atoms with E-state index in [1.165, 1.54) is 17.5 Å². The van der Waals surface area contributed by atoms with E-state index in [-0.39, 0.29) is 29.6 Å². The predicted octanol–water partition coefficient (Wildman–Crippen LogP) is 2.31. The SMILES string of the molecule is COc1ccc(C(=O)N2CCCc3ccccc32)cc1S(=O)(=O)N1CCOCC1. The summed E-state index contributed by atoms with van der Waals surface area (Å²) in [5.41, 5.74) is 2.34. The van der Waals surface area contributed by atoms with Crippen molar-refractivity contribution in [2.75, 3.05) is 44.9 Å². The number of hydrogen-bond donors (Lipinski definition) is 0. The highest BCUT2D eigenvalue weighted by Gasteiger charge is 2.31. The number of nitrogens with zero attached hydrogens (tertiary/aromatic N) is 2. The average molecular weight is 416 g/mol. The van der Waals surface area contributed by atoms with Gasteiger partial charge >= 0.3 is 0 Å². The number of ether oxygens (including phenoxy) is 2. The lowest BCUT2D eigenvalue weighted by molar-refractivity contribution is 0.0729. The van der Waals surface area contributed by atoms with Crippen molar-refractivity contribution in [1.29, 1.82) is 0 Å². The molecule has 29 heavy (non-hydrogen) atoms. The van der Waals surface area contributed by atoms with Crippen LogP contribution in [0.4, 0.5) is 5.69 Å². The molecule has 7 nitrogen and oxygen atoms in total. The highest BCUT2D eigenvalue weighted by Crippen LogP contribution is 2.31. The van der Waals surface area contributed by atoms with E-state index in [2.05, 4.69) is 0 Å². The summed E-state index contributed by atoms with van der Waals surface area (Å²) in [4.78, 5) is 15.0. The minimum absolute atomic E-state index is 0.0121. The number of anilines is 1. The molecule has 0 radical (unpaired) electrons. The Morgan fingerprint density at radius 3 is 2.59 bits per heavy atom. The molecule has 1 amide bonds. The van der Waals surface area contributed by atoms with Crippen LogP contribution < -0.4 is 9.64 Å². The van der Waals surface area contributed by atoms with Gasteiger partial charge in [0.05, 0.1) is 20.3 Å². The molecule has 0 aromatic heterocycles. The topological polar surface area (TPSA) is 76.2 Å². The van der Waals surface area contributed by atoms with E-state index < -0.39 is 10.0 Å². The number of para-hydroxylation sites is 1. The van der Waals surface area contributed by atoms with E-state index in [0.29, 0.717) is 25.3 Å². The van der Waals surface area contributed by atoms with Crippen molar-refractivity contribution in [1.82, 2.24) is 4.31 Å². The Bertz CT molecular complexity index is 1020. The van der Waals surface area contributed by atoms with Gasteiger partial charge in [0.2, 0.25) is 10.0 Å². The van der Waals surface area contributed by atoms with E-state index in [1.54, 1.807) is 17.0 Å². The monoisotopic (exact) mass is 416 g/mol. The van der Waals surface area contributed by atoms with Crippen molar-refractivity contribution in [3.05, 3.63) is 53.6 Å². The van der Waals surface area contributed by atoms with Crippen LogP contribution in [0.3, 0.4) is 0 Å². The molecule has 4 rings (SSSR count). The first kappa shape index (κ1) is 19.9. The van der Waals surface area contributed by atoms with Crippen molar-refractivity contribution in [2.45, 2.75) is 17.7 Å². The Labute approximate surface area is 170 Å². The van der Waals surface area contributed by atoms with Crippen LogP contribution in [-0.2, 0) is 21.2 Å². The highest BCUT2D eigenvalue weighted by molar-refractivity contribution is 7.89. The third-order valence-electron chi connectivity index (χ3n) is 5.35. The molecule has 1 saturated heterocycles. The first-order valence-corrected chi connectivity index (χ1v) is 11.1. The molecule has 2 heterocycles. The standard InChI is InChI=1S/C21H24N2O5S/c1-27-19-9-8-17(15-20(19)29(25,26)22-11-13-28-14-12-22)21(24)23-10-4-6-16-5-2-3-7-18(16)23/h2-3,5,7-9,15H,4,6,10-14H2,1H3. The zero-order valence-electron chi connectivity index (χ0n) is 16.3. The average Bonchev–Trinajstić information content (AvgIpc) is 2.78. The summed E-state index contributed by atoms with van der Waals surface area (Å²) < 4.78 is 38.3. The Hall–Kier alpha value is -2.42. The third-order valence-corrected chi connectivity index (χ3v) is 7.27. The Morgan fingerprint density at radius 1 is 1.07 bits per heavy atom. The van der Waals surface area contributed by atoms with Gasteiger partial charge in [-0.3, -0.25) is 4.79 Å². The molecular weight excluding hydrogens is 392 g/mol. The number of methoxy groups -OCH3 is 1. The van der Waals surface area contributed by atoms with E-state index >= 15 is 0 Å². The number of carbonyl (C=O) groups is 1. The Morgan fingerprint density at radius 2 is 1.83 bits per heavy atom. The lowest BCUT2D eigenvalue weighted by atomic mass is 10.0. The maximum atomic E-state index is 13.3. The quantitative estimate of drug-likeness (QED) is 0.765. The summed E-state index contributed by atoms with van der Waals surface area (Å²) in [5.74, 6) is 0.0188. The predicted molar refractivity (Wildman–Crippen MR) is 109 cm³/mol. The van der Waals surface area contributed by atoms with Gasteiger partial charge in [-0.2, -0.15) is 4.31 Å². The van der Waals surface area contributed by atoms with Gasteiger partial charge in [0.25, 0.3) is 5.91 Å². The number of hydrogen-bond acceptors (Lipinski definition) is 5. The lowest BCUT2D eigenvalue weighted by Gasteiger charge is -2.30. The van der Waals surface area contributed by atoms with Gasteiger partial charge in [-0.1, -0.05) is 18.2 Å². The van der Waals surface area contributed by atoms with Gasteiger partial charge in [-0.15, -0.1) is 0 Å². The third kappa shape index (κ3) is 3.75. The number of carbonyl (C=O) groups excluding carboxylic acids is 1. The highest BCUT2D eigenvalue weighted by atomic mass is 32.2. The molecule has 2 aliphatic heterocycles. The number of fused-ring (bicyclic) bond motifs is 1. The number of rotatable bonds is 4. The molecule has 1 fully saturated rings. The van der Waals surface area contributed by atoms with Crippen LogP contribution in [-0.4, -0.2) is 58.6 Å². The smallest absolute Gasteiger partial charge is 0.258 e. The molecule has 0 atom stereocenters. The van der Waals surface area contributed by atoms with Crippen LogP contribution in [0, 0.1) is 0 Å². The second-order valence-corrected chi connectivity index (χ2v) is 8.98. The van der Waals surface area contributed by atoms with E-state index in [4.69, 9.17) is 9.47 Å². The molecule has 0 saturated carbocycles. The first-order valence-electron chi connectivity index (χ1n) is 9.68. The van der Waals surface area contributed by atoms with E-state index in [1.807, 2.05) is 24.3 Å². The fourth-order valence-electron chi connectivity index (χ4n) is 3.84. The molecule has 2 aromatic carbocycles. The van der Waals surface area contributed by atoms with Gasteiger partial charge in [-0.05, 0) is 42.7 Å².